The molecular weight excluding hydrogens is 395 g/mol. The molecule has 0 spiro atoms. The summed E-state index contributed by atoms with van der Waals surface area (Å²) in [5.41, 5.74) is 2.40. The molecule has 2 aromatic rings. The monoisotopic (exact) mass is 426 g/mol. The lowest BCUT2D eigenvalue weighted by Gasteiger charge is -2.30. The van der Waals surface area contributed by atoms with Gasteiger partial charge in [-0.3, -0.25) is 9.59 Å². The third-order valence-electron chi connectivity index (χ3n) is 5.85. The number of nitrogens with zero attached hydrogens (tertiary/aromatic N) is 1. The van der Waals surface area contributed by atoms with Gasteiger partial charge in [-0.1, -0.05) is 48.7 Å². The maximum atomic E-state index is 14.3. The normalized spacial score (nSPS) is 14.8. The van der Waals surface area contributed by atoms with Gasteiger partial charge >= 0.3 is 0 Å². The van der Waals surface area contributed by atoms with Crippen LogP contribution in [0.5, 0.6) is 5.75 Å². The van der Waals surface area contributed by atoms with Gasteiger partial charge in [0.1, 0.15) is 17.6 Å². The summed E-state index contributed by atoms with van der Waals surface area (Å²) in [6.45, 7) is 5.37. The van der Waals surface area contributed by atoms with E-state index in [0.29, 0.717) is 11.3 Å². The van der Waals surface area contributed by atoms with Crippen molar-refractivity contribution in [2.24, 2.45) is 0 Å². The summed E-state index contributed by atoms with van der Waals surface area (Å²) in [6.07, 6.45) is 4.10. The highest BCUT2D eigenvalue weighted by Crippen LogP contribution is 2.21. The Morgan fingerprint density at radius 1 is 1.16 bits per heavy atom. The molecule has 0 bridgehead atoms. The van der Waals surface area contributed by atoms with Crippen LogP contribution in [0.2, 0.25) is 0 Å². The molecule has 1 N–H and O–H groups in total. The third-order valence-corrected chi connectivity index (χ3v) is 5.85. The minimum absolute atomic E-state index is 0.000992. The number of hydrogen-bond donors (Lipinski definition) is 1. The summed E-state index contributed by atoms with van der Waals surface area (Å²) >= 11 is 0. The molecule has 1 unspecified atom stereocenters. The van der Waals surface area contributed by atoms with E-state index in [-0.39, 0.29) is 31.0 Å². The van der Waals surface area contributed by atoms with Crippen LogP contribution in [-0.4, -0.2) is 35.4 Å². The first-order valence-electron chi connectivity index (χ1n) is 10.9. The summed E-state index contributed by atoms with van der Waals surface area (Å²) in [5.74, 6) is -0.368. The maximum absolute atomic E-state index is 14.3. The summed E-state index contributed by atoms with van der Waals surface area (Å²) < 4.78 is 20.0. The fourth-order valence-corrected chi connectivity index (χ4v) is 3.97. The number of hydrogen-bond acceptors (Lipinski definition) is 3. The first-order chi connectivity index (χ1) is 14.8. The number of aryl methyl sites for hydroxylation is 2. The standard InChI is InChI=1S/C25H31FN2O3/c1-17-12-13-23(18(2)14-17)31-16-24(29)28(15-20-8-4-7-11-22(20)26)19(3)25(30)27-21-9-5-6-10-21/h4,7-8,11-14,19,21H,5-6,9-10,15-16H2,1-3H3,(H,27,30). The molecule has 166 valence electrons. The maximum Gasteiger partial charge on any atom is 0.261 e. The van der Waals surface area contributed by atoms with E-state index >= 15 is 0 Å². The molecule has 2 amide bonds. The molecule has 2 aromatic carbocycles. The van der Waals surface area contributed by atoms with Crippen LogP contribution in [0.25, 0.3) is 0 Å². The van der Waals surface area contributed by atoms with Crippen molar-refractivity contribution < 1.29 is 18.7 Å². The fourth-order valence-electron chi connectivity index (χ4n) is 3.97. The molecule has 0 aromatic heterocycles. The molecule has 0 radical (unpaired) electrons. The van der Waals surface area contributed by atoms with Gasteiger partial charge in [-0.05, 0) is 51.3 Å². The second-order valence-corrected chi connectivity index (χ2v) is 8.34. The summed E-state index contributed by atoms with van der Waals surface area (Å²) in [4.78, 5) is 27.3. The summed E-state index contributed by atoms with van der Waals surface area (Å²) in [6, 6.07) is 11.4. The van der Waals surface area contributed by atoms with Crippen LogP contribution >= 0.6 is 0 Å². The molecule has 1 atom stereocenters. The van der Waals surface area contributed by atoms with E-state index < -0.39 is 11.9 Å². The van der Waals surface area contributed by atoms with Gasteiger partial charge in [0, 0.05) is 18.2 Å². The molecule has 0 saturated heterocycles. The highest BCUT2D eigenvalue weighted by Gasteiger charge is 2.29. The van der Waals surface area contributed by atoms with Gasteiger partial charge in [0.15, 0.2) is 6.61 Å². The quantitative estimate of drug-likeness (QED) is 0.685. The molecule has 3 rings (SSSR count). The van der Waals surface area contributed by atoms with E-state index in [1.54, 1.807) is 25.1 Å². The number of halogens is 1. The van der Waals surface area contributed by atoms with E-state index in [2.05, 4.69) is 5.32 Å². The molecule has 1 saturated carbocycles. The summed E-state index contributed by atoms with van der Waals surface area (Å²) in [7, 11) is 0. The molecule has 0 heterocycles. The Morgan fingerprint density at radius 3 is 2.55 bits per heavy atom. The Kier molecular flexibility index (Phi) is 7.66. The van der Waals surface area contributed by atoms with Crippen molar-refractivity contribution in [1.82, 2.24) is 10.2 Å². The number of benzene rings is 2. The molecule has 6 heteroatoms. The van der Waals surface area contributed by atoms with Gasteiger partial charge in [-0.25, -0.2) is 4.39 Å². The lowest BCUT2D eigenvalue weighted by molar-refractivity contribution is -0.142. The Morgan fingerprint density at radius 2 is 1.87 bits per heavy atom. The second-order valence-electron chi connectivity index (χ2n) is 8.34. The minimum atomic E-state index is -0.740. The van der Waals surface area contributed by atoms with Gasteiger partial charge in [0.2, 0.25) is 5.91 Å². The van der Waals surface area contributed by atoms with E-state index in [1.165, 1.54) is 11.0 Å². The molecule has 5 nitrogen and oxygen atoms in total. The topological polar surface area (TPSA) is 58.6 Å². The number of carbonyl (C=O) groups excluding carboxylic acids is 2. The predicted molar refractivity (Wildman–Crippen MR) is 118 cm³/mol. The zero-order valence-electron chi connectivity index (χ0n) is 18.5. The Labute approximate surface area is 183 Å². The van der Waals surface area contributed by atoms with Crippen molar-refractivity contribution in [1.29, 1.82) is 0 Å². The van der Waals surface area contributed by atoms with Crippen molar-refractivity contribution in [3.8, 4) is 5.75 Å². The van der Waals surface area contributed by atoms with Crippen molar-refractivity contribution in [3.05, 3.63) is 65.0 Å². The lowest BCUT2D eigenvalue weighted by Crippen LogP contribution is -2.50. The lowest BCUT2D eigenvalue weighted by atomic mass is 10.1. The van der Waals surface area contributed by atoms with Crippen LogP contribution in [0.1, 0.15) is 49.3 Å². The highest BCUT2D eigenvalue weighted by atomic mass is 19.1. The number of carbonyl (C=O) groups is 2. The predicted octanol–water partition coefficient (Wildman–Crippen LogP) is 4.30. The summed E-state index contributed by atoms with van der Waals surface area (Å²) in [5, 5.41) is 3.04. The number of nitrogens with one attached hydrogen (secondary N) is 1. The van der Waals surface area contributed by atoms with E-state index in [4.69, 9.17) is 4.74 Å². The van der Waals surface area contributed by atoms with Crippen LogP contribution in [0.4, 0.5) is 4.39 Å². The molecule has 1 fully saturated rings. The van der Waals surface area contributed by atoms with E-state index in [0.717, 1.165) is 36.8 Å². The molecular formula is C25H31FN2O3. The first kappa shape index (κ1) is 22.8. The third kappa shape index (κ3) is 6.06. The van der Waals surface area contributed by atoms with Crippen molar-refractivity contribution in [3.63, 3.8) is 0 Å². The number of ether oxygens (including phenoxy) is 1. The fraction of sp³-hybridized carbons (Fsp3) is 0.440. The van der Waals surface area contributed by atoms with Crippen molar-refractivity contribution in [2.75, 3.05) is 6.61 Å². The minimum Gasteiger partial charge on any atom is -0.483 e. The van der Waals surface area contributed by atoms with Gasteiger partial charge in [-0.15, -0.1) is 0 Å². The van der Waals surface area contributed by atoms with Crippen LogP contribution in [0, 0.1) is 19.7 Å². The van der Waals surface area contributed by atoms with Gasteiger partial charge in [-0.2, -0.15) is 0 Å². The zero-order chi connectivity index (χ0) is 22.4. The highest BCUT2D eigenvalue weighted by molar-refractivity contribution is 5.88. The number of rotatable bonds is 8. The molecule has 1 aliphatic rings. The van der Waals surface area contributed by atoms with Crippen molar-refractivity contribution >= 4 is 11.8 Å². The van der Waals surface area contributed by atoms with Gasteiger partial charge < -0.3 is 15.0 Å². The van der Waals surface area contributed by atoms with Crippen molar-refractivity contribution in [2.45, 2.75) is 65.1 Å². The largest absolute Gasteiger partial charge is 0.483 e. The average molecular weight is 427 g/mol. The van der Waals surface area contributed by atoms with E-state index in [9.17, 15) is 14.0 Å². The smallest absolute Gasteiger partial charge is 0.261 e. The molecule has 31 heavy (non-hydrogen) atoms. The average Bonchev–Trinajstić information content (AvgIpc) is 3.25. The van der Waals surface area contributed by atoms with Gasteiger partial charge in [0.25, 0.3) is 5.91 Å². The molecule has 0 aliphatic heterocycles. The Balaban J connectivity index is 1.74. The van der Waals surface area contributed by atoms with Crippen LogP contribution in [0.3, 0.4) is 0 Å². The van der Waals surface area contributed by atoms with Gasteiger partial charge in [0.05, 0.1) is 0 Å². The SMILES string of the molecule is Cc1ccc(OCC(=O)N(Cc2ccccc2F)C(C)C(=O)NC2CCCC2)c(C)c1. The van der Waals surface area contributed by atoms with Crippen LogP contribution in [0.15, 0.2) is 42.5 Å². The first-order valence-corrected chi connectivity index (χ1v) is 10.9. The second kappa shape index (κ2) is 10.4. The molecule has 1 aliphatic carbocycles. The van der Waals surface area contributed by atoms with Crippen LogP contribution in [-0.2, 0) is 16.1 Å². The van der Waals surface area contributed by atoms with E-state index in [1.807, 2.05) is 32.0 Å². The Hall–Kier alpha value is -2.89. The van der Waals surface area contributed by atoms with Crippen LogP contribution < -0.4 is 10.1 Å². The number of amides is 2. The Bertz CT molecular complexity index is 925. The zero-order valence-corrected chi connectivity index (χ0v) is 18.5.